The number of pyridine rings is 1. The molecule has 0 saturated carbocycles. The van der Waals surface area contributed by atoms with Crippen LogP contribution in [0.15, 0.2) is 53.9 Å². The van der Waals surface area contributed by atoms with Gasteiger partial charge in [0, 0.05) is 29.9 Å². The number of hydrazine groups is 1. The van der Waals surface area contributed by atoms with Gasteiger partial charge >= 0.3 is 5.97 Å². The Morgan fingerprint density at radius 3 is 2.92 bits per heavy atom. The lowest BCUT2D eigenvalue weighted by Crippen LogP contribution is -2.37. The van der Waals surface area contributed by atoms with Crippen molar-refractivity contribution in [3.05, 3.63) is 65.5 Å². The van der Waals surface area contributed by atoms with E-state index in [1.807, 2.05) is 24.3 Å². The van der Waals surface area contributed by atoms with Gasteiger partial charge in [-0.25, -0.2) is 10.6 Å². The van der Waals surface area contributed by atoms with E-state index in [-0.39, 0.29) is 11.1 Å². The summed E-state index contributed by atoms with van der Waals surface area (Å²) in [6.07, 6.45) is 3.33. The summed E-state index contributed by atoms with van der Waals surface area (Å²) < 4.78 is 5.48. The van der Waals surface area contributed by atoms with Crippen LogP contribution in [0.25, 0.3) is 0 Å². The Morgan fingerprint density at radius 2 is 2.17 bits per heavy atom. The minimum absolute atomic E-state index is 0.181. The van der Waals surface area contributed by atoms with Crippen molar-refractivity contribution in [2.24, 2.45) is 10.9 Å². The fraction of sp³-hybridized carbons (Fsp3) is 0.125. The fourth-order valence-corrected chi connectivity index (χ4v) is 2.50. The number of hydrogen-bond acceptors (Lipinski definition) is 6. The molecule has 0 fully saturated rings. The summed E-state index contributed by atoms with van der Waals surface area (Å²) in [5.41, 5.74) is 7.83. The number of aromatic nitrogens is 1. The molecule has 2 aromatic rings. The number of rotatable bonds is 4. The topological polar surface area (TPSA) is 102 Å². The molecule has 2 heterocycles. The summed E-state index contributed by atoms with van der Waals surface area (Å²) in [5.74, 6) is 4.91. The van der Waals surface area contributed by atoms with Crippen LogP contribution in [-0.4, -0.2) is 21.8 Å². The number of ether oxygens (including phenoxy) is 1. The minimum atomic E-state index is -0.408. The lowest BCUT2D eigenvalue weighted by molar-refractivity contribution is 0.0400. The van der Waals surface area contributed by atoms with E-state index in [2.05, 4.69) is 20.9 Å². The molecule has 0 bridgehead atoms. The number of carbonyl (C=O) groups is 1. The van der Waals surface area contributed by atoms with Gasteiger partial charge < -0.3 is 4.74 Å². The summed E-state index contributed by atoms with van der Waals surface area (Å²) >= 11 is 4.93. The van der Waals surface area contributed by atoms with Gasteiger partial charge in [-0.15, -0.1) is 0 Å². The summed E-state index contributed by atoms with van der Waals surface area (Å²) in [4.78, 5) is 16.1. The zero-order valence-corrected chi connectivity index (χ0v) is 13.4. The van der Waals surface area contributed by atoms with Crippen LogP contribution < -0.4 is 16.7 Å². The molecule has 4 N–H and O–H groups in total. The third kappa shape index (κ3) is 3.39. The van der Waals surface area contributed by atoms with Crippen LogP contribution in [0.3, 0.4) is 0 Å². The number of hydrazone groups is 1. The van der Waals surface area contributed by atoms with Crippen LogP contribution in [0, 0.1) is 0 Å². The molecule has 1 aliphatic rings. The number of nitrogens with one attached hydrogen (secondary N) is 2. The van der Waals surface area contributed by atoms with Crippen molar-refractivity contribution < 1.29 is 9.53 Å². The minimum Gasteiger partial charge on any atom is -0.453 e. The molecule has 0 amide bonds. The first-order chi connectivity index (χ1) is 11.7. The maximum absolute atomic E-state index is 12.0. The molecule has 1 unspecified atom stereocenters. The van der Waals surface area contributed by atoms with Gasteiger partial charge in [0.25, 0.3) is 0 Å². The van der Waals surface area contributed by atoms with Gasteiger partial charge in [0.15, 0.2) is 0 Å². The molecule has 1 atom stereocenters. The number of nitrogens with zero attached hydrogens (tertiary/aromatic N) is 2. The van der Waals surface area contributed by atoms with Crippen molar-refractivity contribution in [1.29, 1.82) is 0 Å². The number of thiocarbonyl (C=S) groups is 1. The predicted molar refractivity (Wildman–Crippen MR) is 93.0 cm³/mol. The third-order valence-electron chi connectivity index (χ3n) is 3.57. The van der Waals surface area contributed by atoms with Gasteiger partial charge in [-0.2, -0.15) is 5.10 Å². The van der Waals surface area contributed by atoms with Gasteiger partial charge in [-0.3, -0.25) is 15.8 Å². The van der Waals surface area contributed by atoms with Crippen LogP contribution >= 0.6 is 12.2 Å². The van der Waals surface area contributed by atoms with E-state index in [0.29, 0.717) is 17.7 Å². The number of fused-ring (bicyclic) bond motifs is 1. The first-order valence-electron chi connectivity index (χ1n) is 7.22. The number of hydrogen-bond donors (Lipinski definition) is 3. The van der Waals surface area contributed by atoms with Crippen LogP contribution in [-0.2, 0) is 4.74 Å². The van der Waals surface area contributed by atoms with Gasteiger partial charge in [-0.05, 0) is 24.4 Å². The molecular weight excluding hydrogens is 326 g/mol. The molecule has 8 heteroatoms. The van der Waals surface area contributed by atoms with Crippen LogP contribution in [0.2, 0.25) is 0 Å². The Labute approximate surface area is 143 Å². The standard InChI is InChI=1S/C16H15N5O2S/c17-19-16(24)21-20-13(10-4-3-7-18-9-10)8-14-11-5-1-2-6-12(11)15(22)23-14/h1-7,9,14H,8,17H2,(H2,19,21,24). The first-order valence-corrected chi connectivity index (χ1v) is 7.63. The van der Waals surface area contributed by atoms with Crippen molar-refractivity contribution >= 4 is 29.0 Å². The van der Waals surface area contributed by atoms with E-state index < -0.39 is 6.10 Å². The van der Waals surface area contributed by atoms with E-state index in [4.69, 9.17) is 22.8 Å². The average Bonchev–Trinajstić information content (AvgIpc) is 2.95. The molecule has 122 valence electrons. The lowest BCUT2D eigenvalue weighted by atomic mass is 9.99. The van der Waals surface area contributed by atoms with Crippen LogP contribution in [0.1, 0.15) is 34.0 Å². The molecule has 1 aromatic heterocycles. The molecule has 0 spiro atoms. The zero-order valence-electron chi connectivity index (χ0n) is 12.6. The highest BCUT2D eigenvalue weighted by Gasteiger charge is 2.31. The van der Waals surface area contributed by atoms with E-state index in [1.165, 1.54) is 0 Å². The van der Waals surface area contributed by atoms with Crippen molar-refractivity contribution in [3.63, 3.8) is 0 Å². The summed E-state index contributed by atoms with van der Waals surface area (Å²) in [6.45, 7) is 0. The van der Waals surface area contributed by atoms with E-state index >= 15 is 0 Å². The highest BCUT2D eigenvalue weighted by atomic mass is 32.1. The van der Waals surface area contributed by atoms with Crippen molar-refractivity contribution in [3.8, 4) is 0 Å². The SMILES string of the molecule is NNC(=S)NN=C(CC1OC(=O)c2ccccc21)c1cccnc1. The normalized spacial score (nSPS) is 16.3. The Hall–Kier alpha value is -2.84. The Balaban J connectivity index is 1.88. The Kier molecular flexibility index (Phi) is 4.78. The molecule has 1 aliphatic heterocycles. The fourth-order valence-electron chi connectivity index (χ4n) is 2.46. The van der Waals surface area contributed by atoms with Crippen molar-refractivity contribution in [2.45, 2.75) is 12.5 Å². The van der Waals surface area contributed by atoms with Crippen LogP contribution in [0.5, 0.6) is 0 Å². The van der Waals surface area contributed by atoms with Crippen molar-refractivity contribution in [2.75, 3.05) is 0 Å². The molecule has 0 radical (unpaired) electrons. The smallest absolute Gasteiger partial charge is 0.339 e. The number of esters is 1. The molecule has 1 aromatic carbocycles. The summed E-state index contributed by atoms with van der Waals surface area (Å²) in [5, 5.41) is 4.46. The van der Waals surface area contributed by atoms with E-state index in [1.54, 1.807) is 24.5 Å². The molecule has 7 nitrogen and oxygen atoms in total. The monoisotopic (exact) mass is 341 g/mol. The van der Waals surface area contributed by atoms with E-state index in [0.717, 1.165) is 11.1 Å². The lowest BCUT2D eigenvalue weighted by Gasteiger charge is -2.13. The summed E-state index contributed by atoms with van der Waals surface area (Å²) in [7, 11) is 0. The highest BCUT2D eigenvalue weighted by molar-refractivity contribution is 7.80. The molecule has 0 aliphatic carbocycles. The number of cyclic esters (lactones) is 1. The quantitative estimate of drug-likeness (QED) is 0.254. The largest absolute Gasteiger partial charge is 0.453 e. The third-order valence-corrected chi connectivity index (χ3v) is 3.78. The number of nitrogens with two attached hydrogens (primary N) is 1. The molecule has 0 saturated heterocycles. The average molecular weight is 341 g/mol. The van der Waals surface area contributed by atoms with Gasteiger partial charge in [0.05, 0.1) is 11.3 Å². The maximum Gasteiger partial charge on any atom is 0.339 e. The highest BCUT2D eigenvalue weighted by Crippen LogP contribution is 2.33. The zero-order chi connectivity index (χ0) is 16.9. The Bertz CT molecular complexity index is 794. The van der Waals surface area contributed by atoms with Gasteiger partial charge in [-0.1, -0.05) is 24.3 Å². The maximum atomic E-state index is 12.0. The molecule has 3 rings (SSSR count). The first kappa shape index (κ1) is 16.0. The van der Waals surface area contributed by atoms with Crippen LogP contribution in [0.4, 0.5) is 0 Å². The second-order valence-corrected chi connectivity index (χ2v) is 5.48. The van der Waals surface area contributed by atoms with Gasteiger partial charge in [0.1, 0.15) is 6.10 Å². The van der Waals surface area contributed by atoms with Crippen molar-refractivity contribution in [1.82, 2.24) is 15.8 Å². The number of benzene rings is 1. The Morgan fingerprint density at radius 1 is 1.33 bits per heavy atom. The molecule has 24 heavy (non-hydrogen) atoms. The second-order valence-electron chi connectivity index (χ2n) is 5.07. The second kappa shape index (κ2) is 7.16. The van der Waals surface area contributed by atoms with E-state index in [9.17, 15) is 4.79 Å². The van der Waals surface area contributed by atoms with Gasteiger partial charge in [0.2, 0.25) is 5.11 Å². The molecular formula is C16H15N5O2S. The number of carbonyl (C=O) groups excluding carboxylic acids is 1. The predicted octanol–water partition coefficient (Wildman–Crippen LogP) is 1.43. The summed E-state index contributed by atoms with van der Waals surface area (Å²) in [6, 6.07) is 11.0.